The van der Waals surface area contributed by atoms with Crippen LogP contribution in [0.5, 0.6) is 0 Å². The summed E-state index contributed by atoms with van der Waals surface area (Å²) < 4.78 is 5.37. The Morgan fingerprint density at radius 3 is 2.42 bits per heavy atom. The largest absolute Gasteiger partial charge is 0.459 e. The van der Waals surface area contributed by atoms with Crippen molar-refractivity contribution in [2.75, 3.05) is 7.05 Å². The minimum Gasteiger partial charge on any atom is -0.459 e. The molecule has 0 unspecified atom stereocenters. The number of hydrogen-bond acceptors (Lipinski definition) is 4. The van der Waals surface area contributed by atoms with Crippen molar-refractivity contribution < 1.29 is 14.3 Å². The fourth-order valence-electron chi connectivity index (χ4n) is 2.37. The first-order chi connectivity index (χ1) is 12.5. The molecule has 0 aliphatic rings. The first-order valence-corrected chi connectivity index (χ1v) is 8.59. The number of urea groups is 1. The maximum absolute atomic E-state index is 12.4. The Morgan fingerprint density at radius 1 is 1.12 bits per heavy atom. The molecule has 0 radical (unpaired) electrons. The first-order valence-electron chi connectivity index (χ1n) is 8.59. The second-order valence-corrected chi connectivity index (χ2v) is 6.44. The summed E-state index contributed by atoms with van der Waals surface area (Å²) in [5.41, 5.74) is 1.68. The van der Waals surface area contributed by atoms with E-state index in [1.807, 2.05) is 62.4 Å². The van der Waals surface area contributed by atoms with Crippen molar-refractivity contribution in [1.29, 1.82) is 0 Å². The summed E-state index contributed by atoms with van der Waals surface area (Å²) in [5, 5.41) is 2.76. The molecule has 1 heterocycles. The second kappa shape index (κ2) is 9.56. The predicted molar refractivity (Wildman–Crippen MR) is 99.1 cm³/mol. The summed E-state index contributed by atoms with van der Waals surface area (Å²) in [4.78, 5) is 30.5. The quantitative estimate of drug-likeness (QED) is 0.775. The van der Waals surface area contributed by atoms with Gasteiger partial charge in [-0.25, -0.2) is 9.59 Å². The molecule has 1 N–H and O–H groups in total. The number of carbonyl (C=O) groups excluding carboxylic acids is 2. The van der Waals surface area contributed by atoms with E-state index in [0.29, 0.717) is 6.54 Å². The van der Waals surface area contributed by atoms with Gasteiger partial charge in [-0.3, -0.25) is 4.98 Å². The van der Waals surface area contributed by atoms with Gasteiger partial charge in [0.15, 0.2) is 0 Å². The predicted octanol–water partition coefficient (Wildman–Crippen LogP) is 2.99. The van der Waals surface area contributed by atoms with Crippen LogP contribution >= 0.6 is 0 Å². The van der Waals surface area contributed by atoms with Crippen LogP contribution in [0.2, 0.25) is 0 Å². The van der Waals surface area contributed by atoms with E-state index in [-0.39, 0.29) is 18.6 Å². The van der Waals surface area contributed by atoms with Crippen molar-refractivity contribution in [2.24, 2.45) is 5.92 Å². The van der Waals surface area contributed by atoms with E-state index in [9.17, 15) is 9.59 Å². The average molecular weight is 355 g/mol. The summed E-state index contributed by atoms with van der Waals surface area (Å²) in [5.74, 6) is -0.533. The van der Waals surface area contributed by atoms with Crippen molar-refractivity contribution in [3.05, 3.63) is 66.0 Å². The van der Waals surface area contributed by atoms with Gasteiger partial charge in [0.2, 0.25) is 0 Å². The van der Waals surface area contributed by atoms with Crippen LogP contribution in [0.4, 0.5) is 4.79 Å². The molecular weight excluding hydrogens is 330 g/mol. The summed E-state index contributed by atoms with van der Waals surface area (Å²) in [6, 6.07) is 13.9. The van der Waals surface area contributed by atoms with Crippen LogP contribution in [0.15, 0.2) is 54.7 Å². The Hall–Kier alpha value is -2.89. The van der Waals surface area contributed by atoms with E-state index in [2.05, 4.69) is 10.3 Å². The third-order valence-electron chi connectivity index (χ3n) is 3.90. The van der Waals surface area contributed by atoms with Gasteiger partial charge < -0.3 is 15.0 Å². The van der Waals surface area contributed by atoms with Crippen molar-refractivity contribution in [3.63, 3.8) is 0 Å². The topological polar surface area (TPSA) is 71.5 Å². The van der Waals surface area contributed by atoms with Crippen LogP contribution in [0.25, 0.3) is 0 Å². The summed E-state index contributed by atoms with van der Waals surface area (Å²) in [6.45, 7) is 4.28. The van der Waals surface area contributed by atoms with Crippen LogP contribution in [0.3, 0.4) is 0 Å². The van der Waals surface area contributed by atoms with Crippen molar-refractivity contribution in [1.82, 2.24) is 15.2 Å². The third-order valence-corrected chi connectivity index (χ3v) is 3.90. The lowest BCUT2D eigenvalue weighted by Gasteiger charge is -2.24. The van der Waals surface area contributed by atoms with Crippen molar-refractivity contribution >= 4 is 12.0 Å². The van der Waals surface area contributed by atoms with Gasteiger partial charge >= 0.3 is 12.0 Å². The fraction of sp³-hybridized carbons (Fsp3) is 0.350. The summed E-state index contributed by atoms with van der Waals surface area (Å²) in [6.07, 6.45) is 1.68. The number of hydrogen-bond donors (Lipinski definition) is 1. The lowest BCUT2D eigenvalue weighted by atomic mass is 10.1. The molecule has 0 spiro atoms. The molecule has 1 aromatic carbocycles. The van der Waals surface area contributed by atoms with Crippen LogP contribution in [0.1, 0.15) is 25.1 Å². The van der Waals surface area contributed by atoms with E-state index < -0.39 is 12.0 Å². The number of esters is 1. The molecule has 6 nitrogen and oxygen atoms in total. The smallest absolute Gasteiger partial charge is 0.329 e. The number of aromatic nitrogens is 1. The van der Waals surface area contributed by atoms with Crippen LogP contribution < -0.4 is 5.32 Å². The second-order valence-electron chi connectivity index (χ2n) is 6.44. The Bertz CT molecular complexity index is 705. The number of amides is 2. The minimum absolute atomic E-state index is 0.0922. The third kappa shape index (κ3) is 5.88. The SMILES string of the molecule is CC(C)[C@H](NC(=O)N(C)Cc1ccccn1)C(=O)OCc1ccccc1. The maximum atomic E-state index is 12.4. The molecule has 1 atom stereocenters. The Balaban J connectivity index is 1.91. The normalized spacial score (nSPS) is 11.7. The van der Waals surface area contributed by atoms with Crippen LogP contribution in [-0.2, 0) is 22.7 Å². The van der Waals surface area contributed by atoms with Gasteiger partial charge in [0.1, 0.15) is 12.6 Å². The van der Waals surface area contributed by atoms with E-state index in [1.165, 1.54) is 4.90 Å². The van der Waals surface area contributed by atoms with Gasteiger partial charge in [0, 0.05) is 13.2 Å². The van der Waals surface area contributed by atoms with Gasteiger partial charge in [-0.05, 0) is 23.6 Å². The van der Waals surface area contributed by atoms with E-state index in [1.54, 1.807) is 13.2 Å². The average Bonchev–Trinajstić information content (AvgIpc) is 2.65. The van der Waals surface area contributed by atoms with Crippen LogP contribution in [0, 0.1) is 5.92 Å². The maximum Gasteiger partial charge on any atom is 0.329 e. The monoisotopic (exact) mass is 355 g/mol. The fourth-order valence-corrected chi connectivity index (χ4v) is 2.37. The standard InChI is InChI=1S/C20H25N3O3/c1-15(2)18(19(24)26-14-16-9-5-4-6-10-16)22-20(25)23(3)13-17-11-7-8-12-21-17/h4-12,15,18H,13-14H2,1-3H3,(H,22,25)/t18-/m0/s1. The highest BCUT2D eigenvalue weighted by molar-refractivity contribution is 5.83. The number of nitrogens with one attached hydrogen (secondary N) is 1. The van der Waals surface area contributed by atoms with Crippen LogP contribution in [-0.4, -0.2) is 35.0 Å². The lowest BCUT2D eigenvalue weighted by Crippen LogP contribution is -2.49. The zero-order chi connectivity index (χ0) is 18.9. The van der Waals surface area contributed by atoms with Crippen molar-refractivity contribution in [3.8, 4) is 0 Å². The molecule has 26 heavy (non-hydrogen) atoms. The van der Waals surface area contributed by atoms with Gasteiger partial charge in [-0.2, -0.15) is 0 Å². The first kappa shape index (κ1) is 19.4. The van der Waals surface area contributed by atoms with Gasteiger partial charge in [-0.1, -0.05) is 50.2 Å². The number of ether oxygens (including phenoxy) is 1. The molecule has 0 aliphatic carbocycles. The van der Waals surface area contributed by atoms with E-state index >= 15 is 0 Å². The molecule has 0 saturated carbocycles. The molecule has 2 rings (SSSR count). The molecule has 0 bridgehead atoms. The number of pyridine rings is 1. The molecule has 0 aliphatic heterocycles. The van der Waals surface area contributed by atoms with Gasteiger partial charge in [0.05, 0.1) is 12.2 Å². The van der Waals surface area contributed by atoms with E-state index in [4.69, 9.17) is 4.74 Å². The highest BCUT2D eigenvalue weighted by atomic mass is 16.5. The zero-order valence-electron chi connectivity index (χ0n) is 15.4. The minimum atomic E-state index is -0.711. The summed E-state index contributed by atoms with van der Waals surface area (Å²) in [7, 11) is 1.66. The molecule has 2 amide bonds. The molecule has 2 aromatic rings. The highest BCUT2D eigenvalue weighted by Crippen LogP contribution is 2.08. The van der Waals surface area contributed by atoms with E-state index in [0.717, 1.165) is 11.3 Å². The van der Waals surface area contributed by atoms with Crippen molar-refractivity contribution in [2.45, 2.75) is 33.0 Å². The number of nitrogens with zero attached hydrogens (tertiary/aromatic N) is 2. The summed E-state index contributed by atoms with van der Waals surface area (Å²) >= 11 is 0. The van der Waals surface area contributed by atoms with Gasteiger partial charge in [-0.15, -0.1) is 0 Å². The Kier molecular flexibility index (Phi) is 7.14. The molecule has 0 saturated heterocycles. The number of carbonyl (C=O) groups is 2. The molecule has 138 valence electrons. The highest BCUT2D eigenvalue weighted by Gasteiger charge is 2.27. The molecular formula is C20H25N3O3. The number of benzene rings is 1. The molecule has 1 aromatic heterocycles. The zero-order valence-corrected chi connectivity index (χ0v) is 15.4. The molecule has 6 heteroatoms. The molecule has 0 fully saturated rings. The van der Waals surface area contributed by atoms with Gasteiger partial charge in [0.25, 0.3) is 0 Å². The number of rotatable bonds is 7. The lowest BCUT2D eigenvalue weighted by molar-refractivity contribution is -0.148. The Morgan fingerprint density at radius 2 is 1.81 bits per heavy atom. The Labute approximate surface area is 154 Å².